The van der Waals surface area contributed by atoms with Gasteiger partial charge in [0.2, 0.25) is 0 Å². The van der Waals surface area contributed by atoms with Gasteiger partial charge in [-0.3, -0.25) is 0 Å². The first-order valence-corrected chi connectivity index (χ1v) is 13.1. The summed E-state index contributed by atoms with van der Waals surface area (Å²) in [6.45, 7) is 4.95. The Labute approximate surface area is 208 Å². The molecule has 4 aliphatic heterocycles. The number of aliphatic hydroxyl groups is 1. The average molecular weight is 503 g/mol. The molecule has 35 heavy (non-hydrogen) atoms. The maximum absolute atomic E-state index is 14.0. The van der Waals surface area contributed by atoms with Crippen LogP contribution in [-0.4, -0.2) is 77.3 Å². The molecule has 0 aliphatic carbocycles. The van der Waals surface area contributed by atoms with Crippen molar-refractivity contribution in [2.45, 2.75) is 67.1 Å². The summed E-state index contributed by atoms with van der Waals surface area (Å²) in [6, 6.07) is 1.95. The SMILES string of the molecule is CC1OCC2(CCN(c3ncc(Sc4ccnc5c4OCC4CC(F)CN54)nc3CO)CC2)[C@@H]1N. The van der Waals surface area contributed by atoms with Gasteiger partial charge in [-0.25, -0.2) is 19.3 Å². The first kappa shape index (κ1) is 23.2. The molecule has 0 amide bonds. The van der Waals surface area contributed by atoms with E-state index in [1.807, 2.05) is 17.9 Å². The highest BCUT2D eigenvalue weighted by atomic mass is 32.2. The number of hydrogen-bond acceptors (Lipinski definition) is 10. The van der Waals surface area contributed by atoms with Crippen LogP contribution in [-0.2, 0) is 11.3 Å². The first-order chi connectivity index (χ1) is 17.0. The summed E-state index contributed by atoms with van der Waals surface area (Å²) in [7, 11) is 0. The monoisotopic (exact) mass is 502 g/mol. The molecule has 3 unspecified atom stereocenters. The Morgan fingerprint density at radius 3 is 2.86 bits per heavy atom. The Morgan fingerprint density at radius 1 is 1.29 bits per heavy atom. The van der Waals surface area contributed by atoms with E-state index in [1.54, 1.807) is 12.4 Å². The lowest BCUT2D eigenvalue weighted by molar-refractivity contribution is 0.0973. The lowest BCUT2D eigenvalue weighted by Gasteiger charge is -2.41. The molecular formula is C24H31FN6O3S. The molecule has 9 nitrogen and oxygen atoms in total. The molecule has 3 fully saturated rings. The van der Waals surface area contributed by atoms with Gasteiger partial charge in [0.15, 0.2) is 17.4 Å². The van der Waals surface area contributed by atoms with E-state index < -0.39 is 6.17 Å². The summed E-state index contributed by atoms with van der Waals surface area (Å²) < 4.78 is 25.8. The first-order valence-electron chi connectivity index (χ1n) is 12.3. The number of anilines is 2. The highest BCUT2D eigenvalue weighted by Crippen LogP contribution is 2.45. The Bertz CT molecular complexity index is 1100. The van der Waals surface area contributed by atoms with Crippen molar-refractivity contribution >= 4 is 23.4 Å². The minimum atomic E-state index is -0.858. The lowest BCUT2D eigenvalue weighted by atomic mass is 9.73. The smallest absolute Gasteiger partial charge is 0.175 e. The van der Waals surface area contributed by atoms with Gasteiger partial charge >= 0.3 is 0 Å². The van der Waals surface area contributed by atoms with Crippen molar-refractivity contribution in [1.29, 1.82) is 0 Å². The number of pyridine rings is 1. The average Bonchev–Trinajstić information content (AvgIpc) is 3.39. The predicted molar refractivity (Wildman–Crippen MR) is 130 cm³/mol. The molecule has 4 aliphatic rings. The Balaban J connectivity index is 1.19. The zero-order chi connectivity index (χ0) is 24.2. The van der Waals surface area contributed by atoms with Crippen LogP contribution in [0.3, 0.4) is 0 Å². The standard InChI is InChI=1S/C24H31FN6O3S/c1-14-21(26)24(13-34-14)3-6-30(7-4-24)22-17(11-32)29-19(9-28-22)35-18-2-5-27-23-20(18)33-12-16-8-15(25)10-31(16)23/h2,5,9,14-16,21,32H,3-4,6-8,10-13,26H2,1H3/t14?,15?,16?,21-/m1/s1. The third-order valence-corrected chi connectivity index (χ3v) is 8.92. The quantitative estimate of drug-likeness (QED) is 0.645. The minimum absolute atomic E-state index is 0.0233. The number of nitrogens with two attached hydrogens (primary N) is 1. The molecule has 188 valence electrons. The third kappa shape index (κ3) is 4.02. The van der Waals surface area contributed by atoms with Gasteiger partial charge < -0.3 is 30.1 Å². The molecule has 4 atom stereocenters. The van der Waals surface area contributed by atoms with Crippen LogP contribution >= 0.6 is 11.8 Å². The van der Waals surface area contributed by atoms with Crippen molar-refractivity contribution in [1.82, 2.24) is 15.0 Å². The van der Waals surface area contributed by atoms with Crippen molar-refractivity contribution in [3.05, 3.63) is 24.2 Å². The van der Waals surface area contributed by atoms with Crippen LogP contribution < -0.4 is 20.3 Å². The second-order valence-corrected chi connectivity index (χ2v) is 11.1. The van der Waals surface area contributed by atoms with Gasteiger partial charge in [-0.1, -0.05) is 11.8 Å². The summed E-state index contributed by atoms with van der Waals surface area (Å²) in [5, 5.41) is 10.7. The normalized spacial score (nSPS) is 29.3. The number of nitrogens with zero attached hydrogens (tertiary/aromatic N) is 5. The molecular weight excluding hydrogens is 471 g/mol. The molecule has 0 aromatic carbocycles. The Hall–Kier alpha value is -2.21. The fourth-order valence-corrected chi connectivity index (χ4v) is 6.73. The fourth-order valence-electron chi connectivity index (χ4n) is 5.87. The van der Waals surface area contributed by atoms with Crippen LogP contribution in [0.2, 0.25) is 0 Å². The van der Waals surface area contributed by atoms with Crippen LogP contribution in [0.15, 0.2) is 28.4 Å². The molecule has 1 spiro atoms. The number of halogens is 1. The summed E-state index contributed by atoms with van der Waals surface area (Å²) in [6.07, 6.45) is 5.02. The van der Waals surface area contributed by atoms with Crippen molar-refractivity contribution in [2.24, 2.45) is 11.1 Å². The predicted octanol–water partition coefficient (Wildman–Crippen LogP) is 2.16. The summed E-state index contributed by atoms with van der Waals surface area (Å²) in [4.78, 5) is 18.9. The maximum atomic E-state index is 14.0. The third-order valence-electron chi connectivity index (χ3n) is 7.98. The van der Waals surface area contributed by atoms with E-state index in [2.05, 4.69) is 9.88 Å². The fraction of sp³-hybridized carbons (Fsp3) is 0.625. The Kier molecular flexibility index (Phi) is 5.98. The topological polar surface area (TPSA) is 110 Å². The summed E-state index contributed by atoms with van der Waals surface area (Å²) in [5.41, 5.74) is 7.03. The van der Waals surface area contributed by atoms with Crippen molar-refractivity contribution < 1.29 is 19.0 Å². The highest BCUT2D eigenvalue weighted by molar-refractivity contribution is 7.99. The van der Waals surface area contributed by atoms with Gasteiger partial charge in [-0.15, -0.1) is 0 Å². The number of alkyl halides is 1. The van der Waals surface area contributed by atoms with Crippen molar-refractivity contribution in [2.75, 3.05) is 42.6 Å². The molecule has 6 rings (SSSR count). The molecule has 11 heteroatoms. The van der Waals surface area contributed by atoms with Gasteiger partial charge in [-0.05, 0) is 25.8 Å². The maximum Gasteiger partial charge on any atom is 0.175 e. The van der Waals surface area contributed by atoms with Gasteiger partial charge in [0.25, 0.3) is 0 Å². The van der Waals surface area contributed by atoms with E-state index >= 15 is 0 Å². The molecule has 2 aromatic rings. The molecule has 0 saturated carbocycles. The Morgan fingerprint density at radius 2 is 2.11 bits per heavy atom. The highest BCUT2D eigenvalue weighted by Gasteiger charge is 2.47. The van der Waals surface area contributed by atoms with Crippen LogP contribution in [0.4, 0.5) is 16.0 Å². The second kappa shape index (κ2) is 9.02. The number of aromatic nitrogens is 3. The number of fused-ring (bicyclic) bond motifs is 3. The number of aliphatic hydroxyl groups excluding tert-OH is 1. The van der Waals surface area contributed by atoms with E-state index in [0.717, 1.165) is 30.8 Å². The molecule has 6 heterocycles. The molecule has 3 saturated heterocycles. The zero-order valence-electron chi connectivity index (χ0n) is 19.8. The number of rotatable bonds is 4. The van der Waals surface area contributed by atoms with Gasteiger partial charge in [-0.2, -0.15) is 0 Å². The zero-order valence-corrected chi connectivity index (χ0v) is 20.6. The van der Waals surface area contributed by atoms with E-state index in [1.165, 1.54) is 11.8 Å². The largest absolute Gasteiger partial charge is 0.486 e. The van der Waals surface area contributed by atoms with Crippen LogP contribution in [0, 0.1) is 5.41 Å². The molecule has 2 aromatic heterocycles. The molecule has 0 bridgehead atoms. The van der Waals surface area contributed by atoms with Crippen LogP contribution in [0.5, 0.6) is 5.75 Å². The van der Waals surface area contributed by atoms with E-state index in [9.17, 15) is 9.50 Å². The van der Waals surface area contributed by atoms with Crippen molar-refractivity contribution in [3.63, 3.8) is 0 Å². The minimum Gasteiger partial charge on any atom is -0.486 e. The van der Waals surface area contributed by atoms with Gasteiger partial charge in [0.05, 0.1) is 43.0 Å². The van der Waals surface area contributed by atoms with Gasteiger partial charge in [0.1, 0.15) is 23.5 Å². The van der Waals surface area contributed by atoms with Crippen molar-refractivity contribution in [3.8, 4) is 5.75 Å². The van der Waals surface area contributed by atoms with Crippen LogP contribution in [0.25, 0.3) is 0 Å². The van der Waals surface area contributed by atoms with Crippen LogP contribution in [0.1, 0.15) is 31.9 Å². The van der Waals surface area contributed by atoms with E-state index in [4.69, 9.17) is 25.2 Å². The number of piperidine rings is 1. The number of hydrogen-bond donors (Lipinski definition) is 2. The number of ether oxygens (including phenoxy) is 2. The lowest BCUT2D eigenvalue weighted by Crippen LogP contribution is -2.51. The second-order valence-electron chi connectivity index (χ2n) is 10.0. The summed E-state index contributed by atoms with van der Waals surface area (Å²) in [5.74, 6) is 2.06. The summed E-state index contributed by atoms with van der Waals surface area (Å²) >= 11 is 1.42. The van der Waals surface area contributed by atoms with E-state index in [-0.39, 0.29) is 30.2 Å². The van der Waals surface area contributed by atoms with E-state index in [0.29, 0.717) is 54.3 Å². The molecule has 0 radical (unpaired) electrons. The molecule has 3 N–H and O–H groups in total. The van der Waals surface area contributed by atoms with Gasteiger partial charge in [0, 0.05) is 37.2 Å².